The third kappa shape index (κ3) is 3.47. The van der Waals surface area contributed by atoms with Gasteiger partial charge in [-0.05, 0) is 6.42 Å². The van der Waals surface area contributed by atoms with Crippen LogP contribution >= 0.6 is 0 Å². The number of nitrogens with zero attached hydrogens (tertiary/aromatic N) is 1. The van der Waals surface area contributed by atoms with E-state index in [1.54, 1.807) is 4.90 Å². The van der Waals surface area contributed by atoms with E-state index >= 15 is 0 Å². The molecule has 0 saturated carbocycles. The fourth-order valence-electron chi connectivity index (χ4n) is 1.21. The molecule has 5 heteroatoms. The lowest BCUT2D eigenvalue weighted by Gasteiger charge is -2.23. The molecule has 2 amide bonds. The molecular weight excluding hydrogens is 184 g/mol. The predicted molar refractivity (Wildman–Crippen MR) is 51.0 cm³/mol. The highest BCUT2D eigenvalue weighted by atomic mass is 16.4. The standard InChI is InChI=1S/C9H14N2O3/c12-8(13)4-5-10-9(14)11-6-2-1-3-7-11/h1-2H,3-7H2,(H,10,14)(H,12,13). The quantitative estimate of drug-likeness (QED) is 0.646. The summed E-state index contributed by atoms with van der Waals surface area (Å²) in [7, 11) is 0. The van der Waals surface area contributed by atoms with Gasteiger partial charge in [-0.15, -0.1) is 0 Å². The lowest BCUT2D eigenvalue weighted by Crippen LogP contribution is -2.42. The number of rotatable bonds is 3. The molecule has 0 atom stereocenters. The molecular formula is C9H14N2O3. The molecule has 1 rings (SSSR count). The van der Waals surface area contributed by atoms with Crippen LogP contribution in [0.2, 0.25) is 0 Å². The SMILES string of the molecule is O=C(O)CCNC(=O)N1CC=CCC1. The molecule has 78 valence electrons. The minimum atomic E-state index is -0.899. The maximum atomic E-state index is 11.4. The number of nitrogens with one attached hydrogen (secondary N) is 1. The van der Waals surface area contributed by atoms with Gasteiger partial charge < -0.3 is 15.3 Å². The van der Waals surface area contributed by atoms with Crippen molar-refractivity contribution in [3.8, 4) is 0 Å². The maximum absolute atomic E-state index is 11.4. The number of carbonyl (C=O) groups is 2. The van der Waals surface area contributed by atoms with E-state index in [1.165, 1.54) is 0 Å². The maximum Gasteiger partial charge on any atom is 0.317 e. The molecule has 0 aromatic heterocycles. The topological polar surface area (TPSA) is 69.6 Å². The Morgan fingerprint density at radius 2 is 2.21 bits per heavy atom. The minimum Gasteiger partial charge on any atom is -0.481 e. The second-order valence-electron chi connectivity index (χ2n) is 3.08. The summed E-state index contributed by atoms with van der Waals surface area (Å²) in [6.07, 6.45) is 4.79. The Morgan fingerprint density at radius 3 is 2.79 bits per heavy atom. The van der Waals surface area contributed by atoms with Crippen molar-refractivity contribution in [3.63, 3.8) is 0 Å². The first-order valence-corrected chi connectivity index (χ1v) is 4.59. The van der Waals surface area contributed by atoms with E-state index in [1.807, 2.05) is 12.2 Å². The van der Waals surface area contributed by atoms with Crippen LogP contribution in [0.5, 0.6) is 0 Å². The zero-order valence-electron chi connectivity index (χ0n) is 7.90. The molecule has 1 aliphatic heterocycles. The third-order valence-electron chi connectivity index (χ3n) is 1.96. The fraction of sp³-hybridized carbons (Fsp3) is 0.556. The van der Waals surface area contributed by atoms with Gasteiger partial charge in [0.25, 0.3) is 0 Å². The second kappa shape index (κ2) is 5.26. The molecule has 0 radical (unpaired) electrons. The number of carbonyl (C=O) groups excluding carboxylic acids is 1. The highest BCUT2D eigenvalue weighted by Crippen LogP contribution is 2.00. The van der Waals surface area contributed by atoms with Crippen LogP contribution in [-0.4, -0.2) is 41.6 Å². The smallest absolute Gasteiger partial charge is 0.317 e. The molecule has 2 N–H and O–H groups in total. The number of aliphatic carboxylic acids is 1. The van der Waals surface area contributed by atoms with Crippen LogP contribution in [0.15, 0.2) is 12.2 Å². The van der Waals surface area contributed by atoms with Gasteiger partial charge in [-0.1, -0.05) is 12.2 Å². The van der Waals surface area contributed by atoms with Crippen molar-refractivity contribution in [2.75, 3.05) is 19.6 Å². The third-order valence-corrected chi connectivity index (χ3v) is 1.96. The number of urea groups is 1. The van der Waals surface area contributed by atoms with Gasteiger partial charge in [0.15, 0.2) is 0 Å². The molecule has 0 bridgehead atoms. The minimum absolute atomic E-state index is 0.0323. The van der Waals surface area contributed by atoms with Crippen molar-refractivity contribution >= 4 is 12.0 Å². The summed E-state index contributed by atoms with van der Waals surface area (Å²) in [5.74, 6) is -0.899. The van der Waals surface area contributed by atoms with Crippen molar-refractivity contribution in [2.24, 2.45) is 0 Å². The van der Waals surface area contributed by atoms with Crippen LogP contribution in [0.25, 0.3) is 0 Å². The van der Waals surface area contributed by atoms with Crippen molar-refractivity contribution < 1.29 is 14.7 Å². The highest BCUT2D eigenvalue weighted by Gasteiger charge is 2.12. The highest BCUT2D eigenvalue weighted by molar-refractivity contribution is 5.75. The van der Waals surface area contributed by atoms with E-state index in [0.717, 1.165) is 6.42 Å². The van der Waals surface area contributed by atoms with Gasteiger partial charge in [0.2, 0.25) is 0 Å². The molecule has 1 aliphatic rings. The Balaban J connectivity index is 2.20. The molecule has 5 nitrogen and oxygen atoms in total. The molecule has 0 unspecified atom stereocenters. The average molecular weight is 198 g/mol. The zero-order chi connectivity index (χ0) is 10.4. The number of hydrogen-bond donors (Lipinski definition) is 2. The van der Waals surface area contributed by atoms with E-state index in [0.29, 0.717) is 13.1 Å². The van der Waals surface area contributed by atoms with Crippen LogP contribution in [0, 0.1) is 0 Å². The van der Waals surface area contributed by atoms with Crippen molar-refractivity contribution in [3.05, 3.63) is 12.2 Å². The first-order chi connectivity index (χ1) is 6.70. The van der Waals surface area contributed by atoms with Crippen molar-refractivity contribution in [1.82, 2.24) is 10.2 Å². The predicted octanol–water partition coefficient (Wildman–Crippen LogP) is 0.433. The first-order valence-electron chi connectivity index (χ1n) is 4.59. The summed E-state index contributed by atoms with van der Waals surface area (Å²) in [6.45, 7) is 1.50. The summed E-state index contributed by atoms with van der Waals surface area (Å²) in [4.78, 5) is 23.2. The van der Waals surface area contributed by atoms with Gasteiger partial charge in [-0.3, -0.25) is 4.79 Å². The van der Waals surface area contributed by atoms with Crippen LogP contribution < -0.4 is 5.32 Å². The molecule has 14 heavy (non-hydrogen) atoms. The van der Waals surface area contributed by atoms with Crippen LogP contribution in [0.4, 0.5) is 4.79 Å². The number of carboxylic acid groups (broad SMARTS) is 1. The lowest BCUT2D eigenvalue weighted by atomic mass is 10.3. The first kappa shape index (κ1) is 10.6. The number of carboxylic acids is 1. The summed E-state index contributed by atoms with van der Waals surface area (Å²) in [5, 5.41) is 10.9. The zero-order valence-corrected chi connectivity index (χ0v) is 7.90. The van der Waals surface area contributed by atoms with Gasteiger partial charge in [-0.2, -0.15) is 0 Å². The van der Waals surface area contributed by atoms with Crippen molar-refractivity contribution in [1.29, 1.82) is 0 Å². The summed E-state index contributed by atoms with van der Waals surface area (Å²) >= 11 is 0. The second-order valence-corrected chi connectivity index (χ2v) is 3.08. The van der Waals surface area contributed by atoms with Gasteiger partial charge in [0, 0.05) is 19.6 Å². The number of hydrogen-bond acceptors (Lipinski definition) is 2. The van der Waals surface area contributed by atoms with Gasteiger partial charge >= 0.3 is 12.0 Å². The van der Waals surface area contributed by atoms with Crippen LogP contribution in [0.1, 0.15) is 12.8 Å². The fourth-order valence-corrected chi connectivity index (χ4v) is 1.21. The monoisotopic (exact) mass is 198 g/mol. The molecule has 0 spiro atoms. The number of amides is 2. The van der Waals surface area contributed by atoms with Crippen LogP contribution in [0.3, 0.4) is 0 Å². The van der Waals surface area contributed by atoms with Gasteiger partial charge in [-0.25, -0.2) is 4.79 Å². The molecule has 1 heterocycles. The molecule has 0 aliphatic carbocycles. The summed E-state index contributed by atoms with van der Waals surface area (Å²) < 4.78 is 0. The largest absolute Gasteiger partial charge is 0.481 e. The summed E-state index contributed by atoms with van der Waals surface area (Å²) in [5.41, 5.74) is 0. The Hall–Kier alpha value is -1.52. The van der Waals surface area contributed by atoms with E-state index in [-0.39, 0.29) is 19.0 Å². The molecule has 0 fully saturated rings. The van der Waals surface area contributed by atoms with Crippen LogP contribution in [-0.2, 0) is 4.79 Å². The van der Waals surface area contributed by atoms with E-state index in [2.05, 4.69) is 5.32 Å². The summed E-state index contributed by atoms with van der Waals surface area (Å²) in [6, 6.07) is -0.185. The normalized spacial score (nSPS) is 15.3. The Kier molecular flexibility index (Phi) is 3.97. The molecule has 0 saturated heterocycles. The lowest BCUT2D eigenvalue weighted by molar-refractivity contribution is -0.136. The van der Waals surface area contributed by atoms with Gasteiger partial charge in [0.05, 0.1) is 6.42 Å². The molecule has 0 aromatic rings. The Labute approximate surface area is 82.4 Å². The Morgan fingerprint density at radius 1 is 1.43 bits per heavy atom. The van der Waals surface area contributed by atoms with Crippen molar-refractivity contribution in [2.45, 2.75) is 12.8 Å². The van der Waals surface area contributed by atoms with E-state index in [9.17, 15) is 9.59 Å². The molecule has 0 aromatic carbocycles. The average Bonchev–Trinajstić information content (AvgIpc) is 2.18. The Bertz CT molecular complexity index is 250. The van der Waals surface area contributed by atoms with E-state index in [4.69, 9.17) is 5.11 Å². The van der Waals surface area contributed by atoms with Gasteiger partial charge in [0.1, 0.15) is 0 Å². The van der Waals surface area contributed by atoms with E-state index < -0.39 is 5.97 Å².